The average Bonchev–Trinajstić information content (AvgIpc) is 3.17. The number of halogens is 3. The molecule has 30 heavy (non-hydrogen) atoms. The topological polar surface area (TPSA) is 50.2 Å². The van der Waals surface area contributed by atoms with Gasteiger partial charge in [-0.3, -0.25) is 4.79 Å². The lowest BCUT2D eigenvalue weighted by atomic mass is 9.96. The van der Waals surface area contributed by atoms with Crippen molar-refractivity contribution in [3.8, 4) is 0 Å². The highest BCUT2D eigenvalue weighted by Crippen LogP contribution is 2.44. The number of nitrogens with one attached hydrogen (secondary N) is 1. The summed E-state index contributed by atoms with van der Waals surface area (Å²) in [5.41, 5.74) is 1.79. The molecule has 156 valence electrons. The molecule has 1 aliphatic rings. The van der Waals surface area contributed by atoms with Crippen LogP contribution in [0.4, 0.5) is 19.0 Å². The Morgan fingerprint density at radius 1 is 1.13 bits per heavy atom. The first-order valence-corrected chi connectivity index (χ1v) is 9.59. The molecular weight excluding hydrogens is 393 g/mol. The first kappa shape index (κ1) is 20.0. The van der Waals surface area contributed by atoms with Gasteiger partial charge in [0, 0.05) is 20.0 Å². The Morgan fingerprint density at radius 2 is 1.77 bits per heavy atom. The summed E-state index contributed by atoms with van der Waals surface area (Å²) in [5, 5.41) is 7.05. The van der Waals surface area contributed by atoms with Crippen LogP contribution in [-0.2, 0) is 6.54 Å². The number of anilines is 1. The van der Waals surface area contributed by atoms with Gasteiger partial charge in [-0.2, -0.15) is 18.3 Å². The van der Waals surface area contributed by atoms with Crippen LogP contribution in [0.5, 0.6) is 0 Å². The second kappa shape index (κ2) is 7.85. The largest absolute Gasteiger partial charge is 0.410 e. The van der Waals surface area contributed by atoms with Gasteiger partial charge in [0.1, 0.15) is 11.4 Å². The van der Waals surface area contributed by atoms with E-state index in [2.05, 4.69) is 10.4 Å². The van der Waals surface area contributed by atoms with Crippen molar-refractivity contribution in [1.82, 2.24) is 14.7 Å². The fourth-order valence-corrected chi connectivity index (χ4v) is 3.76. The smallest absolute Gasteiger partial charge is 0.363 e. The number of nitrogens with zero attached hydrogens (tertiary/aromatic N) is 3. The lowest BCUT2D eigenvalue weighted by Gasteiger charge is -2.34. The first-order valence-electron chi connectivity index (χ1n) is 9.59. The van der Waals surface area contributed by atoms with E-state index in [0.717, 1.165) is 15.8 Å². The predicted octanol–water partition coefficient (Wildman–Crippen LogP) is 4.82. The molecule has 0 aliphatic carbocycles. The number of benzene rings is 2. The zero-order valence-corrected chi connectivity index (χ0v) is 16.3. The molecule has 0 spiro atoms. The van der Waals surface area contributed by atoms with Gasteiger partial charge in [0.15, 0.2) is 6.04 Å². The van der Waals surface area contributed by atoms with Gasteiger partial charge in [-0.1, -0.05) is 60.7 Å². The van der Waals surface area contributed by atoms with Gasteiger partial charge in [0.2, 0.25) is 0 Å². The van der Waals surface area contributed by atoms with E-state index in [4.69, 9.17) is 0 Å². The number of rotatable bonds is 4. The van der Waals surface area contributed by atoms with Gasteiger partial charge in [0.25, 0.3) is 5.91 Å². The van der Waals surface area contributed by atoms with E-state index in [0.29, 0.717) is 6.54 Å². The van der Waals surface area contributed by atoms with Crippen molar-refractivity contribution in [2.24, 2.45) is 0 Å². The van der Waals surface area contributed by atoms with Gasteiger partial charge in [0.05, 0.1) is 12.2 Å². The number of carbonyl (C=O) groups excluding carboxylic acids is 1. The summed E-state index contributed by atoms with van der Waals surface area (Å²) in [6, 6.07) is 16.0. The van der Waals surface area contributed by atoms with Crippen molar-refractivity contribution in [2.75, 3.05) is 12.4 Å². The molecule has 2 atom stereocenters. The number of hydrogen-bond donors (Lipinski definition) is 1. The molecule has 0 fully saturated rings. The fourth-order valence-electron chi connectivity index (χ4n) is 3.76. The summed E-state index contributed by atoms with van der Waals surface area (Å²) >= 11 is 0. The predicted molar refractivity (Wildman–Crippen MR) is 107 cm³/mol. The normalized spacial score (nSPS) is 18.4. The van der Waals surface area contributed by atoms with Gasteiger partial charge >= 0.3 is 6.18 Å². The molecular formula is C22H21F3N4O. The summed E-state index contributed by atoms with van der Waals surface area (Å²) in [4.78, 5) is 14.5. The number of alkyl halides is 3. The third kappa shape index (κ3) is 3.90. The van der Waals surface area contributed by atoms with E-state index in [-0.39, 0.29) is 23.7 Å². The second-order valence-corrected chi connectivity index (χ2v) is 7.40. The molecule has 3 aromatic rings. The quantitative estimate of drug-likeness (QED) is 0.666. The third-order valence-electron chi connectivity index (χ3n) is 5.28. The molecule has 0 bridgehead atoms. The Morgan fingerprint density at radius 3 is 2.40 bits per heavy atom. The van der Waals surface area contributed by atoms with Gasteiger partial charge in [-0.05, 0) is 11.1 Å². The Hall–Kier alpha value is -3.29. The van der Waals surface area contributed by atoms with Crippen LogP contribution in [-0.4, -0.2) is 33.8 Å². The maximum Gasteiger partial charge on any atom is 0.410 e. The molecule has 0 unspecified atom stereocenters. The van der Waals surface area contributed by atoms with Crippen molar-refractivity contribution in [2.45, 2.75) is 31.2 Å². The molecule has 1 N–H and O–H groups in total. The Bertz CT molecular complexity index is 1020. The van der Waals surface area contributed by atoms with Crippen LogP contribution in [0.1, 0.15) is 40.0 Å². The molecule has 1 aliphatic heterocycles. The maximum atomic E-state index is 13.8. The van der Waals surface area contributed by atoms with E-state index in [1.807, 2.05) is 36.4 Å². The Labute approximate surface area is 172 Å². The van der Waals surface area contributed by atoms with Crippen LogP contribution in [0.25, 0.3) is 0 Å². The summed E-state index contributed by atoms with van der Waals surface area (Å²) in [5.74, 6) is -0.287. The minimum atomic E-state index is -4.48. The maximum absolute atomic E-state index is 13.8. The average molecular weight is 414 g/mol. The Balaban J connectivity index is 1.66. The van der Waals surface area contributed by atoms with E-state index in [1.54, 1.807) is 31.3 Å². The fraction of sp³-hybridized carbons (Fsp3) is 0.273. The van der Waals surface area contributed by atoms with E-state index >= 15 is 0 Å². The number of fused-ring (bicyclic) bond motifs is 1. The molecule has 1 aromatic heterocycles. The van der Waals surface area contributed by atoms with Crippen molar-refractivity contribution < 1.29 is 18.0 Å². The van der Waals surface area contributed by atoms with Crippen LogP contribution in [0, 0.1) is 0 Å². The molecule has 0 saturated carbocycles. The summed E-state index contributed by atoms with van der Waals surface area (Å²) in [7, 11) is 1.62. The van der Waals surface area contributed by atoms with Crippen LogP contribution >= 0.6 is 0 Å². The van der Waals surface area contributed by atoms with E-state index < -0.39 is 18.3 Å². The second-order valence-electron chi connectivity index (χ2n) is 7.40. The number of carbonyl (C=O) groups is 1. The molecule has 2 aromatic carbocycles. The molecule has 2 heterocycles. The van der Waals surface area contributed by atoms with Crippen molar-refractivity contribution in [3.63, 3.8) is 0 Å². The standard InChI is InChI=1S/C22H21F3N4O/c1-28(14-15-8-4-2-5-9-15)21(30)17-13-26-29-19(22(23,24)25)12-18(27-20(17)29)16-10-6-3-7-11-16/h2-11,13,18-19,27H,12,14H2,1H3/t18-,19+/m1/s1. The minimum Gasteiger partial charge on any atom is -0.363 e. The highest BCUT2D eigenvalue weighted by Gasteiger charge is 2.47. The highest BCUT2D eigenvalue weighted by atomic mass is 19.4. The molecule has 1 amide bonds. The molecule has 8 heteroatoms. The van der Waals surface area contributed by atoms with Crippen molar-refractivity contribution in [3.05, 3.63) is 83.6 Å². The summed E-state index contributed by atoms with van der Waals surface area (Å²) in [6.07, 6.45) is -3.46. The number of aromatic nitrogens is 2. The van der Waals surface area contributed by atoms with E-state index in [9.17, 15) is 18.0 Å². The van der Waals surface area contributed by atoms with Crippen LogP contribution < -0.4 is 5.32 Å². The number of amides is 1. The first-order chi connectivity index (χ1) is 14.3. The molecule has 0 radical (unpaired) electrons. The van der Waals surface area contributed by atoms with Gasteiger partial charge < -0.3 is 10.2 Å². The zero-order chi connectivity index (χ0) is 21.3. The Kier molecular flexibility index (Phi) is 5.24. The molecule has 5 nitrogen and oxygen atoms in total. The van der Waals surface area contributed by atoms with E-state index in [1.165, 1.54) is 11.1 Å². The SMILES string of the molecule is CN(Cc1ccccc1)C(=O)c1cnn2c1N[C@@H](c1ccccc1)C[C@H]2C(F)(F)F. The van der Waals surface area contributed by atoms with Crippen LogP contribution in [0.15, 0.2) is 66.9 Å². The number of hydrogen-bond acceptors (Lipinski definition) is 3. The summed E-state index contributed by atoms with van der Waals surface area (Å²) in [6.45, 7) is 0.342. The minimum absolute atomic E-state index is 0.0994. The van der Waals surface area contributed by atoms with Crippen molar-refractivity contribution >= 4 is 11.7 Å². The van der Waals surface area contributed by atoms with Gasteiger partial charge in [-0.25, -0.2) is 4.68 Å². The summed E-state index contributed by atoms with van der Waals surface area (Å²) < 4.78 is 42.2. The highest BCUT2D eigenvalue weighted by molar-refractivity contribution is 5.98. The lowest BCUT2D eigenvalue weighted by Crippen LogP contribution is -2.36. The lowest BCUT2D eigenvalue weighted by molar-refractivity contribution is -0.173. The third-order valence-corrected chi connectivity index (χ3v) is 5.28. The van der Waals surface area contributed by atoms with Crippen LogP contribution in [0.3, 0.4) is 0 Å². The molecule has 4 rings (SSSR count). The zero-order valence-electron chi connectivity index (χ0n) is 16.3. The van der Waals surface area contributed by atoms with Crippen molar-refractivity contribution in [1.29, 1.82) is 0 Å². The van der Waals surface area contributed by atoms with Gasteiger partial charge in [-0.15, -0.1) is 0 Å². The monoisotopic (exact) mass is 414 g/mol. The molecule has 0 saturated heterocycles. The van der Waals surface area contributed by atoms with Crippen LogP contribution in [0.2, 0.25) is 0 Å².